The molecule has 1 heterocycles. The average Bonchev–Trinajstić information content (AvgIpc) is 2.29. The van der Waals surface area contributed by atoms with Crippen molar-refractivity contribution in [1.29, 1.82) is 0 Å². The summed E-state index contributed by atoms with van der Waals surface area (Å²) in [5, 5.41) is -0.872. The van der Waals surface area contributed by atoms with E-state index >= 15 is 0 Å². The van der Waals surface area contributed by atoms with Gasteiger partial charge in [0.1, 0.15) is 0 Å². The molecule has 1 rings (SSSR count). The molecule has 0 saturated heterocycles. The number of carbonyl (C=O) groups excluding carboxylic acids is 1. The third kappa shape index (κ3) is 3.78. The van der Waals surface area contributed by atoms with E-state index in [-0.39, 0.29) is 18.5 Å². The van der Waals surface area contributed by atoms with Crippen LogP contribution in [0.5, 0.6) is 0 Å². The number of hydrogen-bond donors (Lipinski definition) is 0. The summed E-state index contributed by atoms with van der Waals surface area (Å²) in [6.45, 7) is 1.56. The Labute approximate surface area is 115 Å². The van der Waals surface area contributed by atoms with Gasteiger partial charge in [0, 0.05) is 6.20 Å². The second-order valence-electron chi connectivity index (χ2n) is 3.63. The molecule has 0 aliphatic carbocycles. The molecule has 1 aromatic heterocycles. The molecule has 0 fully saturated rings. The van der Waals surface area contributed by atoms with Crippen molar-refractivity contribution in [2.75, 3.05) is 6.61 Å². The van der Waals surface area contributed by atoms with Gasteiger partial charge in [0.15, 0.2) is 0 Å². The van der Waals surface area contributed by atoms with Crippen molar-refractivity contribution in [3.05, 3.63) is 28.0 Å². The van der Waals surface area contributed by atoms with Gasteiger partial charge in [-0.25, -0.2) is 8.78 Å². The smallest absolute Gasteiger partial charge is 0.418 e. The van der Waals surface area contributed by atoms with E-state index in [2.05, 4.69) is 9.72 Å². The fourth-order valence-corrected chi connectivity index (χ4v) is 1.75. The van der Waals surface area contributed by atoms with Crippen molar-refractivity contribution < 1.29 is 31.5 Å². The van der Waals surface area contributed by atoms with Crippen molar-refractivity contribution in [3.63, 3.8) is 0 Å². The number of esters is 1. The third-order valence-electron chi connectivity index (χ3n) is 2.27. The molecule has 0 aromatic carbocycles. The minimum Gasteiger partial charge on any atom is -0.466 e. The summed E-state index contributed by atoms with van der Waals surface area (Å²) in [4.78, 5) is 14.5. The predicted molar refractivity (Wildman–Crippen MR) is 59.5 cm³/mol. The zero-order valence-corrected chi connectivity index (χ0v) is 10.9. The molecule has 20 heavy (non-hydrogen) atoms. The maximum absolute atomic E-state index is 12.8. The Balaban J connectivity index is 3.26. The Kier molecular flexibility index (Phi) is 5.27. The van der Waals surface area contributed by atoms with Crippen LogP contribution in [0.4, 0.5) is 22.0 Å². The highest BCUT2D eigenvalue weighted by Gasteiger charge is 2.38. The van der Waals surface area contributed by atoms with E-state index in [1.165, 1.54) is 6.92 Å². The minimum atomic E-state index is -5.01. The molecule has 112 valence electrons. The number of halogens is 6. The first kappa shape index (κ1) is 16.6. The van der Waals surface area contributed by atoms with Crippen molar-refractivity contribution in [3.8, 4) is 0 Å². The fraction of sp³-hybridized carbons (Fsp3) is 0.455. The minimum absolute atomic E-state index is 0.0405. The Hall–Kier alpha value is -1.44. The van der Waals surface area contributed by atoms with E-state index in [9.17, 15) is 26.7 Å². The van der Waals surface area contributed by atoms with Crippen LogP contribution in [0.3, 0.4) is 0 Å². The van der Waals surface area contributed by atoms with Gasteiger partial charge in [-0.3, -0.25) is 9.78 Å². The van der Waals surface area contributed by atoms with Crippen LogP contribution in [-0.4, -0.2) is 17.6 Å². The van der Waals surface area contributed by atoms with Crippen LogP contribution in [0, 0.1) is 0 Å². The van der Waals surface area contributed by atoms with E-state index < -0.39 is 41.1 Å². The van der Waals surface area contributed by atoms with E-state index in [0.29, 0.717) is 0 Å². The highest BCUT2D eigenvalue weighted by Crippen LogP contribution is 2.40. The second kappa shape index (κ2) is 6.34. The highest BCUT2D eigenvalue weighted by atomic mass is 35.5. The number of aromatic nitrogens is 1. The first-order valence-corrected chi connectivity index (χ1v) is 5.74. The van der Waals surface area contributed by atoms with Crippen LogP contribution in [0.15, 0.2) is 6.20 Å². The standard InChI is InChI=1S/C11H9ClF5NO2/c1-2-20-7(19)3-6-9(12)8(10(13)14)5(4-18-6)11(15,16)17/h4,10H,2-3H2,1H3. The molecular weight excluding hydrogens is 309 g/mol. The number of hydrogen-bond acceptors (Lipinski definition) is 3. The monoisotopic (exact) mass is 317 g/mol. The lowest BCUT2D eigenvalue weighted by Gasteiger charge is -2.15. The van der Waals surface area contributed by atoms with E-state index in [1.54, 1.807) is 0 Å². The molecule has 0 aliphatic heterocycles. The van der Waals surface area contributed by atoms with Gasteiger partial charge in [-0.15, -0.1) is 0 Å². The van der Waals surface area contributed by atoms with Crippen molar-refractivity contribution in [2.45, 2.75) is 25.9 Å². The molecule has 0 amide bonds. The van der Waals surface area contributed by atoms with Gasteiger partial charge in [0.25, 0.3) is 6.43 Å². The van der Waals surface area contributed by atoms with Crippen LogP contribution in [0.2, 0.25) is 5.02 Å². The van der Waals surface area contributed by atoms with Crippen molar-refractivity contribution in [2.24, 2.45) is 0 Å². The first-order chi connectivity index (χ1) is 9.18. The van der Waals surface area contributed by atoms with E-state index in [4.69, 9.17) is 11.6 Å². The molecule has 0 saturated carbocycles. The van der Waals surface area contributed by atoms with Gasteiger partial charge in [-0.2, -0.15) is 13.2 Å². The largest absolute Gasteiger partial charge is 0.466 e. The number of pyridine rings is 1. The van der Waals surface area contributed by atoms with Crippen molar-refractivity contribution >= 4 is 17.6 Å². The van der Waals surface area contributed by atoms with Crippen LogP contribution in [-0.2, 0) is 22.1 Å². The van der Waals surface area contributed by atoms with Crippen LogP contribution in [0.25, 0.3) is 0 Å². The SMILES string of the molecule is CCOC(=O)Cc1ncc(C(F)(F)F)c(C(F)F)c1Cl. The molecule has 0 atom stereocenters. The lowest BCUT2D eigenvalue weighted by atomic mass is 10.1. The molecule has 0 N–H and O–H groups in total. The Bertz CT molecular complexity index is 504. The highest BCUT2D eigenvalue weighted by molar-refractivity contribution is 6.32. The molecule has 3 nitrogen and oxygen atoms in total. The van der Waals surface area contributed by atoms with E-state index in [1.807, 2.05) is 0 Å². The van der Waals surface area contributed by atoms with Gasteiger partial charge in [0.05, 0.1) is 34.9 Å². The summed E-state index contributed by atoms with van der Waals surface area (Å²) in [7, 11) is 0. The predicted octanol–water partition coefficient (Wildman–Crippen LogP) is 3.80. The zero-order valence-electron chi connectivity index (χ0n) is 10.1. The maximum Gasteiger partial charge on any atom is 0.418 e. The third-order valence-corrected chi connectivity index (χ3v) is 2.69. The summed E-state index contributed by atoms with van der Waals surface area (Å²) >= 11 is 5.51. The van der Waals surface area contributed by atoms with Gasteiger partial charge in [-0.1, -0.05) is 11.6 Å². The molecule has 0 aliphatic rings. The summed E-state index contributed by atoms with van der Waals surface area (Å²) in [5.74, 6) is -0.818. The number of alkyl halides is 5. The van der Waals surface area contributed by atoms with Crippen LogP contribution in [0.1, 0.15) is 30.2 Å². The Morgan fingerprint density at radius 3 is 2.50 bits per heavy atom. The maximum atomic E-state index is 12.8. The van der Waals surface area contributed by atoms with Crippen molar-refractivity contribution in [1.82, 2.24) is 4.98 Å². The average molecular weight is 318 g/mol. The molecule has 0 radical (unpaired) electrons. The molecule has 9 heteroatoms. The lowest BCUT2D eigenvalue weighted by molar-refractivity contribution is -0.142. The summed E-state index contributed by atoms with van der Waals surface area (Å²) in [6.07, 6.45) is -8.79. The second-order valence-corrected chi connectivity index (χ2v) is 4.00. The topological polar surface area (TPSA) is 39.2 Å². The first-order valence-electron chi connectivity index (χ1n) is 5.36. The molecular formula is C11H9ClF5NO2. The van der Waals surface area contributed by atoms with Gasteiger partial charge in [-0.05, 0) is 6.92 Å². The number of nitrogens with zero attached hydrogens (tertiary/aromatic N) is 1. The zero-order chi connectivity index (χ0) is 15.5. The molecule has 0 bridgehead atoms. The lowest BCUT2D eigenvalue weighted by Crippen LogP contribution is -2.15. The summed E-state index contributed by atoms with van der Waals surface area (Å²) in [6, 6.07) is 0. The van der Waals surface area contributed by atoms with Gasteiger partial charge < -0.3 is 4.74 Å². The molecule has 0 unspecified atom stereocenters. The number of rotatable bonds is 4. The number of carbonyl (C=O) groups is 1. The quantitative estimate of drug-likeness (QED) is 0.626. The molecule has 1 aromatic rings. The molecule has 0 spiro atoms. The Morgan fingerprint density at radius 2 is 2.05 bits per heavy atom. The van der Waals surface area contributed by atoms with E-state index in [0.717, 1.165) is 0 Å². The normalized spacial score (nSPS) is 11.8. The number of ether oxygens (including phenoxy) is 1. The fourth-order valence-electron chi connectivity index (χ4n) is 1.45. The van der Waals surface area contributed by atoms with Gasteiger partial charge in [0.2, 0.25) is 0 Å². The van der Waals surface area contributed by atoms with Gasteiger partial charge >= 0.3 is 12.1 Å². The Morgan fingerprint density at radius 1 is 1.45 bits per heavy atom. The van der Waals surface area contributed by atoms with Crippen LogP contribution >= 0.6 is 11.6 Å². The van der Waals surface area contributed by atoms with Crippen LogP contribution < -0.4 is 0 Å². The summed E-state index contributed by atoms with van der Waals surface area (Å²) in [5.41, 5.74) is -3.38. The summed E-state index contributed by atoms with van der Waals surface area (Å²) < 4.78 is 67.8.